The van der Waals surface area contributed by atoms with Gasteiger partial charge < -0.3 is 4.74 Å². The standard InChI is InChI=1S/C10H13Cl.C10H14.C9H18.C8H16O/c1-8(2)7-9-5-3-4-6-10(9)11;1-9(2)8-10-6-4-3-5-7-10;1-8(2)7-9-5-3-4-6-9;1-7(2)6-8-4-3-5-9-8/h3-6,8H,7H2,1-2H3;3-7,9H,8H2,1-2H3;8-9H,3-7H2,1-2H3;7-8H,3-6H2,1-2H3. The SMILES string of the molecule is CC(C)CC1CCCC1.CC(C)CC1CCCO1.CC(C)Cc1ccccc1.CC(C)Cc1ccccc1Cl. The van der Waals surface area contributed by atoms with Gasteiger partial charge in [0.15, 0.2) is 0 Å². The number of rotatable bonds is 8. The molecule has 1 nitrogen and oxygen atoms in total. The van der Waals surface area contributed by atoms with Crippen LogP contribution in [0.5, 0.6) is 0 Å². The fourth-order valence-electron chi connectivity index (χ4n) is 5.46. The van der Waals surface area contributed by atoms with E-state index in [0.29, 0.717) is 12.0 Å². The maximum absolute atomic E-state index is 5.97. The van der Waals surface area contributed by atoms with Gasteiger partial charge in [0.25, 0.3) is 0 Å². The quantitative estimate of drug-likeness (QED) is 0.314. The third-order valence-electron chi connectivity index (χ3n) is 7.11. The summed E-state index contributed by atoms with van der Waals surface area (Å²) >= 11 is 5.97. The first-order valence-electron chi connectivity index (χ1n) is 16.0. The third kappa shape index (κ3) is 19.4. The fourth-order valence-corrected chi connectivity index (χ4v) is 5.67. The van der Waals surface area contributed by atoms with Crippen LogP contribution in [0, 0.1) is 29.6 Å². The summed E-state index contributed by atoms with van der Waals surface area (Å²) in [4.78, 5) is 0. The van der Waals surface area contributed by atoms with Gasteiger partial charge in [-0.1, -0.05) is 141 Å². The van der Waals surface area contributed by atoms with Crippen molar-refractivity contribution >= 4 is 11.6 Å². The maximum atomic E-state index is 5.97. The van der Waals surface area contributed by atoms with Crippen LogP contribution in [-0.2, 0) is 17.6 Å². The van der Waals surface area contributed by atoms with Gasteiger partial charge in [-0.25, -0.2) is 0 Å². The Balaban J connectivity index is 0.000000261. The lowest BCUT2D eigenvalue weighted by Crippen LogP contribution is -2.07. The van der Waals surface area contributed by atoms with Crippen LogP contribution in [0.2, 0.25) is 5.02 Å². The van der Waals surface area contributed by atoms with Crippen LogP contribution >= 0.6 is 11.6 Å². The summed E-state index contributed by atoms with van der Waals surface area (Å²) in [7, 11) is 0. The van der Waals surface area contributed by atoms with Crippen LogP contribution < -0.4 is 0 Å². The van der Waals surface area contributed by atoms with Crippen molar-refractivity contribution in [3.63, 3.8) is 0 Å². The van der Waals surface area contributed by atoms with E-state index in [1.165, 1.54) is 68.9 Å². The molecule has 0 amide bonds. The van der Waals surface area contributed by atoms with E-state index in [4.69, 9.17) is 16.3 Å². The zero-order valence-corrected chi connectivity index (χ0v) is 27.5. The zero-order valence-electron chi connectivity index (χ0n) is 26.7. The third-order valence-corrected chi connectivity index (χ3v) is 7.48. The molecule has 2 aromatic rings. The van der Waals surface area contributed by atoms with Crippen molar-refractivity contribution in [2.45, 2.75) is 126 Å². The lowest BCUT2D eigenvalue weighted by molar-refractivity contribution is 0.0939. The Bertz CT molecular complexity index is 792. The number of halogens is 1. The first-order chi connectivity index (χ1) is 18.6. The monoisotopic (exact) mass is 556 g/mol. The van der Waals surface area contributed by atoms with E-state index in [-0.39, 0.29) is 0 Å². The first-order valence-corrected chi connectivity index (χ1v) is 16.3. The molecule has 2 fully saturated rings. The van der Waals surface area contributed by atoms with Gasteiger partial charge in [0.05, 0.1) is 6.10 Å². The molecule has 0 spiro atoms. The van der Waals surface area contributed by atoms with Gasteiger partial charge in [-0.3, -0.25) is 0 Å². The smallest absolute Gasteiger partial charge is 0.0578 e. The lowest BCUT2D eigenvalue weighted by Gasteiger charge is -2.10. The highest BCUT2D eigenvalue weighted by Crippen LogP contribution is 2.29. The first kappa shape index (κ1) is 35.7. The molecular weight excluding hydrogens is 496 g/mol. The van der Waals surface area contributed by atoms with Gasteiger partial charge >= 0.3 is 0 Å². The Morgan fingerprint density at radius 3 is 1.69 bits per heavy atom. The van der Waals surface area contributed by atoms with Crippen molar-refractivity contribution < 1.29 is 4.74 Å². The van der Waals surface area contributed by atoms with Crippen molar-refractivity contribution in [1.29, 1.82) is 0 Å². The van der Waals surface area contributed by atoms with Gasteiger partial charge in [-0.15, -0.1) is 0 Å². The minimum atomic E-state index is 0.588. The summed E-state index contributed by atoms with van der Waals surface area (Å²) in [6, 6.07) is 18.6. The molecule has 0 bridgehead atoms. The molecule has 0 radical (unpaired) electrons. The number of benzene rings is 2. The molecule has 2 heteroatoms. The molecule has 2 aliphatic rings. The molecule has 1 saturated heterocycles. The second-order valence-corrected chi connectivity index (χ2v) is 13.7. The van der Waals surface area contributed by atoms with Gasteiger partial charge in [-0.05, 0) is 85.3 Å². The summed E-state index contributed by atoms with van der Waals surface area (Å²) in [6.07, 6.45) is 14.2. The van der Waals surface area contributed by atoms with Crippen LogP contribution in [0.15, 0.2) is 54.6 Å². The summed E-state index contributed by atoms with van der Waals surface area (Å²) < 4.78 is 5.46. The second-order valence-electron chi connectivity index (χ2n) is 13.3. The minimum absolute atomic E-state index is 0.588. The van der Waals surface area contributed by atoms with Crippen molar-refractivity contribution in [2.24, 2.45) is 29.6 Å². The van der Waals surface area contributed by atoms with Crippen molar-refractivity contribution in [3.05, 3.63) is 70.7 Å². The topological polar surface area (TPSA) is 9.23 Å². The Morgan fingerprint density at radius 2 is 1.21 bits per heavy atom. The summed E-state index contributed by atoms with van der Waals surface area (Å²) in [5.74, 6) is 4.25. The molecule has 0 N–H and O–H groups in total. The van der Waals surface area contributed by atoms with Gasteiger partial charge in [0.1, 0.15) is 0 Å². The molecule has 222 valence electrons. The zero-order chi connectivity index (χ0) is 29.0. The normalized spacial score (nSPS) is 17.0. The fraction of sp³-hybridized carbons (Fsp3) is 0.676. The Morgan fingerprint density at radius 1 is 0.641 bits per heavy atom. The van der Waals surface area contributed by atoms with Crippen LogP contribution in [0.25, 0.3) is 0 Å². The predicted molar refractivity (Wildman–Crippen MR) is 175 cm³/mol. The van der Waals surface area contributed by atoms with E-state index in [9.17, 15) is 0 Å². The molecule has 39 heavy (non-hydrogen) atoms. The molecule has 0 aromatic heterocycles. The van der Waals surface area contributed by atoms with E-state index < -0.39 is 0 Å². The Kier molecular flexibility index (Phi) is 19.6. The molecule has 4 rings (SSSR count). The molecule has 1 aliphatic heterocycles. The van der Waals surface area contributed by atoms with E-state index in [0.717, 1.165) is 41.7 Å². The van der Waals surface area contributed by atoms with E-state index in [1.54, 1.807) is 0 Å². The molecule has 1 heterocycles. The lowest BCUT2D eigenvalue weighted by atomic mass is 9.96. The Hall–Kier alpha value is -1.31. The highest BCUT2D eigenvalue weighted by molar-refractivity contribution is 6.31. The highest BCUT2D eigenvalue weighted by Gasteiger charge is 2.16. The van der Waals surface area contributed by atoms with E-state index in [1.807, 2.05) is 18.2 Å². The molecule has 2 aromatic carbocycles. The molecular formula is C37H61ClO. The maximum Gasteiger partial charge on any atom is 0.0578 e. The van der Waals surface area contributed by atoms with Crippen LogP contribution in [0.4, 0.5) is 0 Å². The number of hydrogen-bond acceptors (Lipinski definition) is 1. The van der Waals surface area contributed by atoms with Crippen LogP contribution in [-0.4, -0.2) is 12.7 Å². The van der Waals surface area contributed by atoms with Crippen molar-refractivity contribution in [3.8, 4) is 0 Å². The summed E-state index contributed by atoms with van der Waals surface area (Å²) in [5, 5.41) is 0.890. The van der Waals surface area contributed by atoms with Gasteiger partial charge in [0.2, 0.25) is 0 Å². The second kappa shape index (κ2) is 21.4. The molecule has 1 aliphatic carbocycles. The largest absolute Gasteiger partial charge is 0.378 e. The van der Waals surface area contributed by atoms with Gasteiger partial charge in [-0.2, -0.15) is 0 Å². The van der Waals surface area contributed by atoms with E-state index >= 15 is 0 Å². The summed E-state index contributed by atoms with van der Waals surface area (Å²) in [5.41, 5.74) is 2.70. The minimum Gasteiger partial charge on any atom is -0.378 e. The van der Waals surface area contributed by atoms with Crippen LogP contribution in [0.3, 0.4) is 0 Å². The number of ether oxygens (including phenoxy) is 1. The Labute approximate surface area is 248 Å². The van der Waals surface area contributed by atoms with Crippen molar-refractivity contribution in [2.75, 3.05) is 6.61 Å². The van der Waals surface area contributed by atoms with Crippen molar-refractivity contribution in [1.82, 2.24) is 0 Å². The molecule has 1 saturated carbocycles. The summed E-state index contributed by atoms with van der Waals surface area (Å²) in [6.45, 7) is 19.0. The molecule has 1 unspecified atom stereocenters. The van der Waals surface area contributed by atoms with E-state index in [2.05, 4.69) is 91.8 Å². The highest BCUT2D eigenvalue weighted by atomic mass is 35.5. The number of hydrogen-bond donors (Lipinski definition) is 0. The average Bonchev–Trinajstić information content (AvgIpc) is 3.56. The predicted octanol–water partition coefficient (Wildman–Crippen LogP) is 11.9. The molecule has 1 atom stereocenters. The average molecular weight is 557 g/mol. The van der Waals surface area contributed by atoms with Gasteiger partial charge in [0, 0.05) is 11.6 Å². The van der Waals surface area contributed by atoms with Crippen LogP contribution in [0.1, 0.15) is 118 Å².